The van der Waals surface area contributed by atoms with Gasteiger partial charge in [-0.05, 0) is 49.4 Å². The maximum absolute atomic E-state index is 14.8. The van der Waals surface area contributed by atoms with Gasteiger partial charge in [-0.3, -0.25) is 9.48 Å². The first-order chi connectivity index (χ1) is 15.3. The van der Waals surface area contributed by atoms with E-state index in [1.807, 2.05) is 4.57 Å². The van der Waals surface area contributed by atoms with Gasteiger partial charge in [0.15, 0.2) is 5.69 Å². The minimum absolute atomic E-state index is 0.00376. The minimum Gasteiger partial charge on any atom is -0.381 e. The molecule has 1 amide bonds. The van der Waals surface area contributed by atoms with Crippen molar-refractivity contribution in [2.75, 3.05) is 0 Å². The molecule has 2 aromatic heterocycles. The summed E-state index contributed by atoms with van der Waals surface area (Å²) in [7, 11) is 1.70. The number of hydrogen-bond donors (Lipinski definition) is 3. The first-order valence-corrected chi connectivity index (χ1v) is 10.4. The number of aryl methyl sites for hydroxylation is 1. The molecule has 1 fully saturated rings. The molecule has 2 bridgehead atoms. The first kappa shape index (κ1) is 20.4. The number of nitrogens with two attached hydrogens (primary N) is 1. The average molecular weight is 435 g/mol. The second kappa shape index (κ2) is 7.29. The lowest BCUT2D eigenvalue weighted by molar-refractivity contribution is 0.0988. The number of aliphatic hydroxyl groups excluding tert-OH is 2. The van der Waals surface area contributed by atoms with Crippen LogP contribution in [-0.4, -0.2) is 41.6 Å². The number of carbonyl (C=O) groups excluding carboxylic acids is 1. The summed E-state index contributed by atoms with van der Waals surface area (Å²) in [5.41, 5.74) is 8.02. The number of primary amides is 1. The molecule has 32 heavy (non-hydrogen) atoms. The normalized spacial score (nSPS) is 20.2. The van der Waals surface area contributed by atoms with E-state index in [1.54, 1.807) is 25.4 Å². The molecule has 2 aliphatic heterocycles. The number of aromatic nitrogens is 4. The predicted molar refractivity (Wildman–Crippen MR) is 113 cm³/mol. The zero-order valence-corrected chi connectivity index (χ0v) is 17.6. The van der Waals surface area contributed by atoms with E-state index in [9.17, 15) is 19.4 Å². The molecule has 6 rings (SSSR count). The smallest absolute Gasteiger partial charge is 0.269 e. The largest absolute Gasteiger partial charge is 0.381 e. The topological polar surface area (TPSA) is 119 Å². The highest BCUT2D eigenvalue weighted by molar-refractivity contribution is 5.93. The molecule has 0 saturated heterocycles. The van der Waals surface area contributed by atoms with E-state index in [2.05, 4.69) is 21.9 Å². The molecule has 0 spiro atoms. The van der Waals surface area contributed by atoms with Gasteiger partial charge in [-0.15, -0.1) is 0 Å². The Morgan fingerprint density at radius 1 is 1.34 bits per heavy atom. The quantitative estimate of drug-likeness (QED) is 0.542. The van der Waals surface area contributed by atoms with Crippen LogP contribution < -0.4 is 5.73 Å². The van der Waals surface area contributed by atoms with Crippen molar-refractivity contribution in [2.24, 2.45) is 12.8 Å². The zero-order valence-electron chi connectivity index (χ0n) is 17.6. The Hall–Kier alpha value is -3.48. The molecule has 1 aromatic carbocycles. The monoisotopic (exact) mass is 435 g/mol. The van der Waals surface area contributed by atoms with E-state index < -0.39 is 23.9 Å². The zero-order chi connectivity index (χ0) is 22.7. The van der Waals surface area contributed by atoms with E-state index in [-0.39, 0.29) is 23.2 Å². The van der Waals surface area contributed by atoms with E-state index >= 15 is 0 Å². The molecule has 2 unspecified atom stereocenters. The van der Waals surface area contributed by atoms with Gasteiger partial charge in [0.2, 0.25) is 0 Å². The van der Waals surface area contributed by atoms with Crippen molar-refractivity contribution in [2.45, 2.75) is 43.9 Å². The summed E-state index contributed by atoms with van der Waals surface area (Å²) in [6.07, 6.45) is 0.967. The van der Waals surface area contributed by atoms with Crippen LogP contribution in [0.2, 0.25) is 0 Å². The van der Waals surface area contributed by atoms with E-state index in [0.717, 1.165) is 18.4 Å². The van der Waals surface area contributed by atoms with Crippen LogP contribution >= 0.6 is 0 Å². The summed E-state index contributed by atoms with van der Waals surface area (Å²) in [6.45, 7) is 1.50. The van der Waals surface area contributed by atoms with Crippen LogP contribution in [0, 0.1) is 17.7 Å². The highest BCUT2D eigenvalue weighted by Crippen LogP contribution is 2.53. The van der Waals surface area contributed by atoms with Crippen molar-refractivity contribution in [3.05, 3.63) is 58.4 Å². The predicted octanol–water partition coefficient (Wildman–Crippen LogP) is 1.77. The van der Waals surface area contributed by atoms with Crippen LogP contribution in [0.3, 0.4) is 0 Å². The number of halogens is 1. The van der Waals surface area contributed by atoms with Crippen molar-refractivity contribution < 1.29 is 19.4 Å². The number of hydrogen-bond acceptors (Lipinski definition) is 5. The molecule has 164 valence electrons. The fraction of sp³-hybridized carbons (Fsp3) is 0.348. The Kier molecular flexibility index (Phi) is 4.65. The van der Waals surface area contributed by atoms with Crippen LogP contribution in [0.15, 0.2) is 24.4 Å². The third kappa shape index (κ3) is 3.03. The summed E-state index contributed by atoms with van der Waals surface area (Å²) in [5.74, 6) is 4.61. The summed E-state index contributed by atoms with van der Waals surface area (Å²) >= 11 is 0. The van der Waals surface area contributed by atoms with Crippen LogP contribution in [0.1, 0.15) is 70.8 Å². The fourth-order valence-electron chi connectivity index (χ4n) is 4.69. The highest BCUT2D eigenvalue weighted by atomic mass is 19.1. The Bertz CT molecular complexity index is 1310. The summed E-state index contributed by atoms with van der Waals surface area (Å²) in [4.78, 5) is 16.9. The van der Waals surface area contributed by atoms with Gasteiger partial charge in [0.05, 0.1) is 17.0 Å². The van der Waals surface area contributed by atoms with Crippen molar-refractivity contribution in [1.29, 1.82) is 0 Å². The third-order valence-electron chi connectivity index (χ3n) is 6.29. The number of carbonyl (C=O) groups is 1. The van der Waals surface area contributed by atoms with Crippen LogP contribution in [0.25, 0.3) is 11.4 Å². The van der Waals surface area contributed by atoms with Gasteiger partial charge < -0.3 is 20.5 Å². The van der Waals surface area contributed by atoms with Crippen molar-refractivity contribution in [3.8, 4) is 23.2 Å². The van der Waals surface area contributed by atoms with Gasteiger partial charge in [-0.1, -0.05) is 11.8 Å². The second-order valence-electron chi connectivity index (χ2n) is 8.37. The van der Waals surface area contributed by atoms with Crippen LogP contribution in [0.5, 0.6) is 0 Å². The minimum atomic E-state index is -1.17. The molecule has 4 N–H and O–H groups in total. The third-order valence-corrected chi connectivity index (χ3v) is 6.29. The number of nitrogens with zero attached hydrogens (tertiary/aromatic N) is 4. The summed E-state index contributed by atoms with van der Waals surface area (Å²) in [5, 5.41) is 24.8. The Morgan fingerprint density at radius 2 is 2.09 bits per heavy atom. The van der Waals surface area contributed by atoms with Crippen molar-refractivity contribution in [3.63, 3.8) is 0 Å². The number of aliphatic hydroxyl groups is 2. The van der Waals surface area contributed by atoms with Crippen molar-refractivity contribution >= 4 is 5.91 Å². The number of benzene rings is 1. The second-order valence-corrected chi connectivity index (χ2v) is 8.37. The molecule has 1 saturated carbocycles. The summed E-state index contributed by atoms with van der Waals surface area (Å²) in [6, 6.07) is 4.73. The number of imidazole rings is 1. The summed E-state index contributed by atoms with van der Waals surface area (Å²) < 4.78 is 18.2. The van der Waals surface area contributed by atoms with E-state index in [1.165, 1.54) is 17.7 Å². The lowest BCUT2D eigenvalue weighted by Crippen LogP contribution is -2.27. The van der Waals surface area contributed by atoms with Gasteiger partial charge in [0, 0.05) is 24.8 Å². The van der Waals surface area contributed by atoms with E-state index in [0.29, 0.717) is 22.8 Å². The molecule has 3 aromatic rings. The molecule has 2 atom stereocenters. The van der Waals surface area contributed by atoms with Crippen LogP contribution in [-0.2, 0) is 7.05 Å². The van der Waals surface area contributed by atoms with Gasteiger partial charge >= 0.3 is 0 Å². The molecule has 3 aliphatic rings. The van der Waals surface area contributed by atoms with Crippen LogP contribution in [0.4, 0.5) is 4.39 Å². The lowest BCUT2D eigenvalue weighted by atomic mass is 9.75. The molecular weight excluding hydrogens is 413 g/mol. The molecule has 9 heteroatoms. The molecule has 1 aliphatic carbocycles. The Labute approximate surface area is 183 Å². The maximum atomic E-state index is 14.8. The number of amides is 1. The van der Waals surface area contributed by atoms with E-state index in [4.69, 9.17) is 5.73 Å². The molecular formula is C23H22FN5O3. The van der Waals surface area contributed by atoms with Gasteiger partial charge in [-0.25, -0.2) is 9.37 Å². The van der Waals surface area contributed by atoms with Gasteiger partial charge in [-0.2, -0.15) is 5.10 Å². The van der Waals surface area contributed by atoms with Gasteiger partial charge in [0.1, 0.15) is 23.8 Å². The first-order valence-electron chi connectivity index (χ1n) is 10.4. The lowest BCUT2D eigenvalue weighted by Gasteiger charge is -2.36. The van der Waals surface area contributed by atoms with Gasteiger partial charge in [0.25, 0.3) is 5.91 Å². The molecule has 4 heterocycles. The highest BCUT2D eigenvalue weighted by Gasteiger charge is 2.43. The average Bonchev–Trinajstić information content (AvgIpc) is 3.24. The van der Waals surface area contributed by atoms with Crippen molar-refractivity contribution in [1.82, 2.24) is 19.3 Å². The fourth-order valence-corrected chi connectivity index (χ4v) is 4.69. The molecule has 0 radical (unpaired) electrons. The number of rotatable bonds is 3. The maximum Gasteiger partial charge on any atom is 0.269 e. The Balaban J connectivity index is 1.76. The standard InChI is InChI=1S/C23H22FN5O3/c1-11(30)3-4-12-9-16-15(10-17(12)24)13-7-14(8-13)29-20(19(22(25)32)27-23(16)29)21(31)18-5-6-26-28(18)2/h5-6,9-11,13-14,21,30-31H,7-8H2,1-2H3,(H2,25,32). The SMILES string of the molecule is CC(O)C#Cc1cc2c(cc1F)C1CC(C1)n1c-2nc(C(N)=O)c1C(O)c1ccnn1C. The Morgan fingerprint density at radius 3 is 2.72 bits per heavy atom. The molecule has 8 nitrogen and oxygen atoms in total.